The van der Waals surface area contributed by atoms with Crippen LogP contribution in [0.15, 0.2) is 24.3 Å². The van der Waals surface area contributed by atoms with Crippen molar-refractivity contribution in [1.82, 2.24) is 4.90 Å². The van der Waals surface area contributed by atoms with Gasteiger partial charge in [0.15, 0.2) is 0 Å². The lowest BCUT2D eigenvalue weighted by Crippen LogP contribution is -2.42. The summed E-state index contributed by atoms with van der Waals surface area (Å²) in [5, 5.41) is 18.7. The summed E-state index contributed by atoms with van der Waals surface area (Å²) in [5.74, 6) is -0.107. The predicted octanol–water partition coefficient (Wildman–Crippen LogP) is 1.41. The fraction of sp³-hybridized carbons (Fsp3) is 0.500. The lowest BCUT2D eigenvalue weighted by Gasteiger charge is -2.28. The van der Waals surface area contributed by atoms with E-state index in [0.717, 1.165) is 5.56 Å². The van der Waals surface area contributed by atoms with Crippen LogP contribution in [-0.4, -0.2) is 39.7 Å². The van der Waals surface area contributed by atoms with Gasteiger partial charge in [-0.3, -0.25) is 4.79 Å². The van der Waals surface area contributed by atoms with Crippen LogP contribution >= 0.6 is 0 Å². The van der Waals surface area contributed by atoms with E-state index in [4.69, 9.17) is 5.11 Å². The second kappa shape index (κ2) is 5.98. The standard InChI is InChI=1S/C14H21NO3/c1-4-15(10-14(2,3)18)13(17)12-7-5-11(9-16)6-8-12/h5-8,16,18H,4,9-10H2,1-3H3. The van der Waals surface area contributed by atoms with E-state index in [1.807, 2.05) is 6.92 Å². The quantitative estimate of drug-likeness (QED) is 0.832. The van der Waals surface area contributed by atoms with Gasteiger partial charge in [-0.25, -0.2) is 0 Å². The Bertz CT molecular complexity index is 392. The molecule has 0 spiro atoms. The zero-order valence-electron chi connectivity index (χ0n) is 11.2. The van der Waals surface area contributed by atoms with Crippen LogP contribution in [0.25, 0.3) is 0 Å². The highest BCUT2D eigenvalue weighted by Crippen LogP contribution is 2.11. The number of hydrogen-bond donors (Lipinski definition) is 2. The third kappa shape index (κ3) is 4.13. The summed E-state index contributed by atoms with van der Waals surface area (Å²) in [6.07, 6.45) is 0. The molecule has 0 saturated heterocycles. The summed E-state index contributed by atoms with van der Waals surface area (Å²) in [5.41, 5.74) is 0.437. The van der Waals surface area contributed by atoms with Gasteiger partial charge in [-0.05, 0) is 38.5 Å². The van der Waals surface area contributed by atoms with Gasteiger partial charge in [0.1, 0.15) is 0 Å². The molecule has 18 heavy (non-hydrogen) atoms. The fourth-order valence-corrected chi connectivity index (χ4v) is 1.73. The van der Waals surface area contributed by atoms with Gasteiger partial charge >= 0.3 is 0 Å². The molecule has 0 unspecified atom stereocenters. The van der Waals surface area contributed by atoms with Gasteiger partial charge in [-0.15, -0.1) is 0 Å². The largest absolute Gasteiger partial charge is 0.392 e. The number of hydrogen-bond acceptors (Lipinski definition) is 3. The van der Waals surface area contributed by atoms with Crippen molar-refractivity contribution in [3.05, 3.63) is 35.4 Å². The molecular weight excluding hydrogens is 230 g/mol. The zero-order chi connectivity index (χ0) is 13.8. The molecule has 0 bridgehead atoms. The second-order valence-corrected chi connectivity index (χ2v) is 4.99. The van der Waals surface area contributed by atoms with Crippen LogP contribution in [0.4, 0.5) is 0 Å². The van der Waals surface area contributed by atoms with Crippen LogP contribution in [-0.2, 0) is 6.61 Å². The minimum atomic E-state index is -0.906. The van der Waals surface area contributed by atoms with Crippen molar-refractivity contribution >= 4 is 5.91 Å². The molecule has 0 atom stereocenters. The molecule has 0 aliphatic rings. The lowest BCUT2D eigenvalue weighted by atomic mass is 10.1. The predicted molar refractivity (Wildman–Crippen MR) is 70.2 cm³/mol. The SMILES string of the molecule is CCN(CC(C)(C)O)C(=O)c1ccc(CO)cc1. The average molecular weight is 251 g/mol. The average Bonchev–Trinajstić information content (AvgIpc) is 2.34. The highest BCUT2D eigenvalue weighted by molar-refractivity contribution is 5.94. The van der Waals surface area contributed by atoms with Crippen molar-refractivity contribution in [3.8, 4) is 0 Å². The van der Waals surface area contributed by atoms with E-state index < -0.39 is 5.60 Å². The summed E-state index contributed by atoms with van der Waals surface area (Å²) in [6, 6.07) is 6.85. The second-order valence-electron chi connectivity index (χ2n) is 4.99. The Morgan fingerprint density at radius 3 is 2.22 bits per heavy atom. The summed E-state index contributed by atoms with van der Waals surface area (Å²) < 4.78 is 0. The van der Waals surface area contributed by atoms with Crippen LogP contribution in [0, 0.1) is 0 Å². The molecule has 0 heterocycles. The summed E-state index contributed by atoms with van der Waals surface area (Å²) in [4.78, 5) is 13.8. The summed E-state index contributed by atoms with van der Waals surface area (Å²) in [6.45, 7) is 6.05. The van der Waals surface area contributed by atoms with Crippen molar-refractivity contribution in [2.75, 3.05) is 13.1 Å². The van der Waals surface area contributed by atoms with Crippen LogP contribution in [0.5, 0.6) is 0 Å². The van der Waals surface area contributed by atoms with E-state index in [0.29, 0.717) is 18.7 Å². The number of rotatable bonds is 5. The topological polar surface area (TPSA) is 60.8 Å². The van der Waals surface area contributed by atoms with Gasteiger partial charge in [0, 0.05) is 18.7 Å². The molecule has 1 aromatic rings. The molecule has 1 amide bonds. The monoisotopic (exact) mass is 251 g/mol. The van der Waals surface area contributed by atoms with E-state index in [1.165, 1.54) is 0 Å². The molecule has 0 aliphatic heterocycles. The van der Waals surface area contributed by atoms with Crippen molar-refractivity contribution in [1.29, 1.82) is 0 Å². The number of likely N-dealkylation sites (N-methyl/N-ethyl adjacent to an activating group) is 1. The van der Waals surface area contributed by atoms with E-state index in [9.17, 15) is 9.90 Å². The third-order valence-corrected chi connectivity index (χ3v) is 2.63. The molecule has 0 fully saturated rings. The molecule has 2 N–H and O–H groups in total. The Kier molecular flexibility index (Phi) is 4.87. The Labute approximate surface area is 108 Å². The number of amides is 1. The number of nitrogens with zero attached hydrogens (tertiary/aromatic N) is 1. The molecule has 0 aliphatic carbocycles. The minimum absolute atomic E-state index is 0.0321. The zero-order valence-corrected chi connectivity index (χ0v) is 11.2. The van der Waals surface area contributed by atoms with Gasteiger partial charge in [-0.1, -0.05) is 12.1 Å². The first-order chi connectivity index (χ1) is 8.37. The van der Waals surface area contributed by atoms with Crippen molar-refractivity contribution in [2.45, 2.75) is 33.0 Å². The molecule has 4 nitrogen and oxygen atoms in total. The van der Waals surface area contributed by atoms with Crippen molar-refractivity contribution in [2.24, 2.45) is 0 Å². The Morgan fingerprint density at radius 2 is 1.83 bits per heavy atom. The Hall–Kier alpha value is -1.39. The van der Waals surface area contributed by atoms with E-state index in [-0.39, 0.29) is 12.5 Å². The highest BCUT2D eigenvalue weighted by Gasteiger charge is 2.22. The fourth-order valence-electron chi connectivity index (χ4n) is 1.73. The van der Waals surface area contributed by atoms with Gasteiger partial charge in [-0.2, -0.15) is 0 Å². The Balaban J connectivity index is 2.82. The summed E-state index contributed by atoms with van der Waals surface area (Å²) in [7, 11) is 0. The van der Waals surface area contributed by atoms with Crippen LogP contribution < -0.4 is 0 Å². The number of carbonyl (C=O) groups is 1. The van der Waals surface area contributed by atoms with Crippen LogP contribution in [0.2, 0.25) is 0 Å². The van der Waals surface area contributed by atoms with Crippen LogP contribution in [0.3, 0.4) is 0 Å². The maximum atomic E-state index is 12.2. The van der Waals surface area contributed by atoms with E-state index in [1.54, 1.807) is 43.0 Å². The van der Waals surface area contributed by atoms with Crippen molar-refractivity contribution < 1.29 is 15.0 Å². The molecule has 0 saturated carbocycles. The van der Waals surface area contributed by atoms with Gasteiger partial charge in [0.05, 0.1) is 12.2 Å². The minimum Gasteiger partial charge on any atom is -0.392 e. The molecule has 0 radical (unpaired) electrons. The van der Waals surface area contributed by atoms with E-state index >= 15 is 0 Å². The molecule has 0 aromatic heterocycles. The lowest BCUT2D eigenvalue weighted by molar-refractivity contribution is 0.0314. The van der Waals surface area contributed by atoms with Crippen LogP contribution in [0.1, 0.15) is 36.7 Å². The van der Waals surface area contributed by atoms with Gasteiger partial charge < -0.3 is 15.1 Å². The Morgan fingerprint density at radius 1 is 1.28 bits per heavy atom. The smallest absolute Gasteiger partial charge is 0.253 e. The van der Waals surface area contributed by atoms with Gasteiger partial charge in [0.25, 0.3) is 5.91 Å². The highest BCUT2D eigenvalue weighted by atomic mass is 16.3. The first kappa shape index (κ1) is 14.7. The molecular formula is C14H21NO3. The third-order valence-electron chi connectivity index (χ3n) is 2.63. The maximum absolute atomic E-state index is 12.2. The summed E-state index contributed by atoms with van der Waals surface area (Å²) >= 11 is 0. The number of carbonyl (C=O) groups excluding carboxylic acids is 1. The number of aliphatic hydroxyl groups is 2. The molecule has 1 rings (SSSR count). The number of aliphatic hydroxyl groups excluding tert-OH is 1. The molecule has 100 valence electrons. The molecule has 1 aromatic carbocycles. The molecule has 4 heteroatoms. The van der Waals surface area contributed by atoms with Gasteiger partial charge in [0.2, 0.25) is 0 Å². The first-order valence-corrected chi connectivity index (χ1v) is 6.09. The normalized spacial score (nSPS) is 11.4. The first-order valence-electron chi connectivity index (χ1n) is 6.09. The maximum Gasteiger partial charge on any atom is 0.253 e. The van der Waals surface area contributed by atoms with Crippen molar-refractivity contribution in [3.63, 3.8) is 0 Å². The number of benzene rings is 1. The van der Waals surface area contributed by atoms with E-state index in [2.05, 4.69) is 0 Å².